The molecule has 1 aromatic heterocycles. The van der Waals surface area contributed by atoms with Gasteiger partial charge in [0.15, 0.2) is 0 Å². The molecule has 0 bridgehead atoms. The second-order valence-electron chi connectivity index (χ2n) is 2.80. The predicted molar refractivity (Wildman–Crippen MR) is 44.7 cm³/mol. The molecule has 12 heavy (non-hydrogen) atoms. The van der Waals surface area contributed by atoms with E-state index in [1.54, 1.807) is 0 Å². The molecule has 2 heterocycles. The third-order valence-electron chi connectivity index (χ3n) is 1.96. The van der Waals surface area contributed by atoms with Crippen LogP contribution in [-0.2, 0) is 13.0 Å². The summed E-state index contributed by atoms with van der Waals surface area (Å²) in [6, 6.07) is 0. The summed E-state index contributed by atoms with van der Waals surface area (Å²) >= 11 is 0. The van der Waals surface area contributed by atoms with E-state index in [9.17, 15) is 4.79 Å². The van der Waals surface area contributed by atoms with E-state index in [0.717, 1.165) is 24.2 Å². The van der Waals surface area contributed by atoms with Crippen LogP contribution in [0.4, 0.5) is 5.95 Å². The zero-order valence-electron chi connectivity index (χ0n) is 6.55. The Kier molecular flexibility index (Phi) is 1.58. The molecule has 4 N–H and O–H groups in total. The van der Waals surface area contributed by atoms with E-state index in [1.807, 2.05) is 0 Å². The predicted octanol–water partition coefficient (Wildman–Crippen LogP) is -1.00. The van der Waals surface area contributed by atoms with Crippen molar-refractivity contribution in [2.24, 2.45) is 0 Å². The zero-order valence-corrected chi connectivity index (χ0v) is 6.55. The van der Waals surface area contributed by atoms with Crippen molar-refractivity contribution in [3.05, 3.63) is 21.6 Å². The molecule has 0 saturated heterocycles. The quantitative estimate of drug-likeness (QED) is 0.461. The van der Waals surface area contributed by atoms with Crippen LogP contribution in [0, 0.1) is 0 Å². The van der Waals surface area contributed by atoms with Gasteiger partial charge < -0.3 is 11.1 Å². The molecule has 1 aliphatic rings. The highest BCUT2D eigenvalue weighted by molar-refractivity contribution is 5.26. The standard InChI is InChI=1S/C7H10N4O/c8-7-10-5-3-9-2-1-4(5)6(12)11-7/h9H,1-3H2,(H3,8,10,11,12). The highest BCUT2D eigenvalue weighted by Gasteiger charge is 2.13. The molecule has 0 spiro atoms. The first kappa shape index (κ1) is 7.30. The van der Waals surface area contributed by atoms with Crippen molar-refractivity contribution >= 4 is 5.95 Å². The smallest absolute Gasteiger partial charge is 0.255 e. The summed E-state index contributed by atoms with van der Waals surface area (Å²) in [5.74, 6) is 0.197. The highest BCUT2D eigenvalue weighted by Crippen LogP contribution is 2.05. The summed E-state index contributed by atoms with van der Waals surface area (Å²) in [5, 5.41) is 3.12. The van der Waals surface area contributed by atoms with Gasteiger partial charge in [-0.15, -0.1) is 0 Å². The number of aromatic nitrogens is 2. The fourth-order valence-corrected chi connectivity index (χ4v) is 1.39. The minimum Gasteiger partial charge on any atom is -0.369 e. The van der Waals surface area contributed by atoms with E-state index < -0.39 is 0 Å². The van der Waals surface area contributed by atoms with Crippen LogP contribution in [0.2, 0.25) is 0 Å². The summed E-state index contributed by atoms with van der Waals surface area (Å²) in [6.07, 6.45) is 0.734. The molecule has 1 aliphatic heterocycles. The Morgan fingerprint density at radius 3 is 3.17 bits per heavy atom. The Morgan fingerprint density at radius 2 is 2.33 bits per heavy atom. The molecule has 0 atom stereocenters. The van der Waals surface area contributed by atoms with Crippen LogP contribution >= 0.6 is 0 Å². The third-order valence-corrected chi connectivity index (χ3v) is 1.96. The summed E-state index contributed by atoms with van der Waals surface area (Å²) < 4.78 is 0. The van der Waals surface area contributed by atoms with Crippen molar-refractivity contribution in [1.29, 1.82) is 0 Å². The molecule has 0 amide bonds. The molecular weight excluding hydrogens is 156 g/mol. The number of rotatable bonds is 0. The molecule has 0 fully saturated rings. The van der Waals surface area contributed by atoms with E-state index in [0.29, 0.717) is 6.54 Å². The average molecular weight is 166 g/mol. The monoisotopic (exact) mass is 166 g/mol. The first-order valence-corrected chi connectivity index (χ1v) is 3.85. The lowest BCUT2D eigenvalue weighted by molar-refractivity contribution is 0.620. The Labute approximate surface area is 69.0 Å². The zero-order chi connectivity index (χ0) is 8.55. The SMILES string of the molecule is Nc1nc2c(c(=O)[nH]1)CCNC2. The van der Waals surface area contributed by atoms with Crippen LogP contribution in [0.15, 0.2) is 4.79 Å². The first-order chi connectivity index (χ1) is 5.77. The normalized spacial score (nSPS) is 15.7. The average Bonchev–Trinajstić information content (AvgIpc) is 2.04. The van der Waals surface area contributed by atoms with E-state index in [2.05, 4.69) is 15.3 Å². The van der Waals surface area contributed by atoms with E-state index >= 15 is 0 Å². The van der Waals surface area contributed by atoms with Crippen LogP contribution in [0.1, 0.15) is 11.3 Å². The van der Waals surface area contributed by atoms with Crippen molar-refractivity contribution in [1.82, 2.24) is 15.3 Å². The minimum absolute atomic E-state index is 0.0981. The van der Waals surface area contributed by atoms with Crippen molar-refractivity contribution in [2.45, 2.75) is 13.0 Å². The molecule has 5 nitrogen and oxygen atoms in total. The fraction of sp³-hybridized carbons (Fsp3) is 0.429. The number of nitrogens with one attached hydrogen (secondary N) is 2. The molecule has 0 saturated carbocycles. The minimum atomic E-state index is -0.0981. The number of fused-ring (bicyclic) bond motifs is 1. The van der Waals surface area contributed by atoms with E-state index in [-0.39, 0.29) is 11.5 Å². The second kappa shape index (κ2) is 2.60. The van der Waals surface area contributed by atoms with Gasteiger partial charge in [0.05, 0.1) is 5.69 Å². The molecule has 0 aromatic carbocycles. The maximum absolute atomic E-state index is 11.3. The van der Waals surface area contributed by atoms with Crippen molar-refractivity contribution in [3.8, 4) is 0 Å². The van der Waals surface area contributed by atoms with Crippen LogP contribution in [0.25, 0.3) is 0 Å². The van der Waals surface area contributed by atoms with Gasteiger partial charge in [-0.2, -0.15) is 0 Å². The number of nitrogens with two attached hydrogens (primary N) is 1. The van der Waals surface area contributed by atoms with Crippen LogP contribution in [0.5, 0.6) is 0 Å². The first-order valence-electron chi connectivity index (χ1n) is 3.85. The number of H-pyrrole nitrogens is 1. The molecule has 1 aromatic rings. The molecule has 5 heteroatoms. The van der Waals surface area contributed by atoms with Gasteiger partial charge in [-0.25, -0.2) is 4.98 Å². The largest absolute Gasteiger partial charge is 0.369 e. The lowest BCUT2D eigenvalue weighted by Crippen LogP contribution is -2.31. The number of aromatic amines is 1. The van der Waals surface area contributed by atoms with Gasteiger partial charge in [-0.05, 0) is 13.0 Å². The Hall–Kier alpha value is -1.36. The van der Waals surface area contributed by atoms with Gasteiger partial charge in [0.25, 0.3) is 5.56 Å². The molecule has 2 rings (SSSR count). The van der Waals surface area contributed by atoms with Gasteiger partial charge in [0, 0.05) is 12.1 Å². The number of anilines is 1. The Balaban J connectivity index is 2.60. The maximum atomic E-state index is 11.3. The molecule has 0 unspecified atom stereocenters. The lowest BCUT2D eigenvalue weighted by Gasteiger charge is -2.14. The molecule has 0 aliphatic carbocycles. The number of hydrogen-bond donors (Lipinski definition) is 3. The van der Waals surface area contributed by atoms with Crippen LogP contribution < -0.4 is 16.6 Å². The van der Waals surface area contributed by atoms with Gasteiger partial charge in [0.2, 0.25) is 5.95 Å². The maximum Gasteiger partial charge on any atom is 0.255 e. The van der Waals surface area contributed by atoms with Gasteiger partial charge in [-0.3, -0.25) is 9.78 Å². The van der Waals surface area contributed by atoms with Crippen LogP contribution in [-0.4, -0.2) is 16.5 Å². The topological polar surface area (TPSA) is 83.8 Å². The lowest BCUT2D eigenvalue weighted by atomic mass is 10.1. The van der Waals surface area contributed by atoms with Gasteiger partial charge >= 0.3 is 0 Å². The van der Waals surface area contributed by atoms with E-state index in [4.69, 9.17) is 5.73 Å². The van der Waals surface area contributed by atoms with Crippen molar-refractivity contribution in [2.75, 3.05) is 12.3 Å². The number of hydrogen-bond acceptors (Lipinski definition) is 4. The van der Waals surface area contributed by atoms with E-state index in [1.165, 1.54) is 0 Å². The van der Waals surface area contributed by atoms with Crippen molar-refractivity contribution < 1.29 is 0 Å². The summed E-state index contributed by atoms with van der Waals surface area (Å²) in [7, 11) is 0. The molecule has 0 radical (unpaired) electrons. The van der Waals surface area contributed by atoms with Gasteiger partial charge in [-0.1, -0.05) is 0 Å². The Bertz CT molecular complexity index is 357. The van der Waals surface area contributed by atoms with Crippen molar-refractivity contribution in [3.63, 3.8) is 0 Å². The molecule has 64 valence electrons. The third kappa shape index (κ3) is 1.08. The molecular formula is C7H10N4O. The van der Waals surface area contributed by atoms with Crippen LogP contribution in [0.3, 0.4) is 0 Å². The number of nitrogens with zero attached hydrogens (tertiary/aromatic N) is 1. The highest BCUT2D eigenvalue weighted by atomic mass is 16.1. The van der Waals surface area contributed by atoms with Gasteiger partial charge in [0.1, 0.15) is 0 Å². The summed E-state index contributed by atoms with van der Waals surface area (Å²) in [6.45, 7) is 1.48. The fourth-order valence-electron chi connectivity index (χ4n) is 1.39. The summed E-state index contributed by atoms with van der Waals surface area (Å²) in [5.41, 5.74) is 6.84. The Morgan fingerprint density at radius 1 is 1.50 bits per heavy atom. The summed E-state index contributed by atoms with van der Waals surface area (Å²) in [4.78, 5) is 17.8. The number of nitrogen functional groups attached to an aromatic ring is 1. The second-order valence-corrected chi connectivity index (χ2v) is 2.80.